The van der Waals surface area contributed by atoms with Crippen molar-refractivity contribution in [1.82, 2.24) is 0 Å². The second-order valence-corrected chi connectivity index (χ2v) is 5.32. The smallest absolute Gasteiger partial charge is 0.368 e. The normalized spacial score (nSPS) is 15.7. The fourth-order valence-electron chi connectivity index (χ4n) is 2.02. The van der Waals surface area contributed by atoms with Gasteiger partial charge in [0.2, 0.25) is 5.75 Å². The van der Waals surface area contributed by atoms with E-state index >= 15 is 0 Å². The summed E-state index contributed by atoms with van der Waals surface area (Å²) in [5.41, 5.74) is 0.775. The third-order valence-corrected chi connectivity index (χ3v) is 3.42. The molecule has 0 bridgehead atoms. The summed E-state index contributed by atoms with van der Waals surface area (Å²) in [5, 5.41) is 0. The molecule has 0 radical (unpaired) electrons. The minimum atomic E-state index is -3.92. The number of rotatable bonds is 5. The average molecular weight is 271 g/mol. The zero-order chi connectivity index (χ0) is 13.2. The number of hydrogen-bond donors (Lipinski definition) is 0. The molecule has 0 amide bonds. The van der Waals surface area contributed by atoms with E-state index in [-0.39, 0.29) is 5.75 Å². The summed E-state index contributed by atoms with van der Waals surface area (Å²) in [6, 6.07) is 5.23. The van der Waals surface area contributed by atoms with Crippen molar-refractivity contribution < 1.29 is 16.8 Å². The topological polar surface area (TPSA) is 55.8 Å². The maximum atomic E-state index is 11.3. The van der Waals surface area contributed by atoms with Crippen LogP contribution in [-0.2, 0) is 10.4 Å². The van der Waals surface area contributed by atoms with E-state index in [1.54, 1.807) is 12.1 Å². The molecule has 1 heterocycles. The van der Waals surface area contributed by atoms with Crippen LogP contribution in [0.4, 0.5) is 5.69 Å². The van der Waals surface area contributed by atoms with Crippen LogP contribution in [0, 0.1) is 0 Å². The second-order valence-electron chi connectivity index (χ2n) is 4.17. The molecule has 0 fully saturated rings. The highest BCUT2D eigenvalue weighted by Crippen LogP contribution is 2.43. The van der Waals surface area contributed by atoms with Gasteiger partial charge in [-0.15, -0.1) is 8.42 Å². The first-order valence-electron chi connectivity index (χ1n) is 6.09. The zero-order valence-corrected chi connectivity index (χ0v) is 11.4. The molecule has 1 aliphatic heterocycles. The highest BCUT2D eigenvalue weighted by atomic mass is 32.3. The van der Waals surface area contributed by atoms with Crippen LogP contribution in [-0.4, -0.2) is 21.5 Å². The molecule has 0 spiro atoms. The van der Waals surface area contributed by atoms with E-state index in [4.69, 9.17) is 8.37 Å². The molecule has 0 aliphatic carbocycles. The van der Waals surface area contributed by atoms with Crippen molar-refractivity contribution in [3.63, 3.8) is 0 Å². The zero-order valence-electron chi connectivity index (χ0n) is 10.5. The Balaban J connectivity index is 2.38. The summed E-state index contributed by atoms with van der Waals surface area (Å²) in [5.74, 6) is 0.573. The van der Waals surface area contributed by atoms with Crippen LogP contribution in [0.15, 0.2) is 18.2 Å². The largest absolute Gasteiger partial charge is 0.501 e. The number of benzene rings is 1. The highest BCUT2D eigenvalue weighted by molar-refractivity contribution is 7.82. The lowest BCUT2D eigenvalue weighted by atomic mass is 10.2. The Labute approximate surface area is 108 Å². The van der Waals surface area contributed by atoms with Gasteiger partial charge >= 0.3 is 10.4 Å². The van der Waals surface area contributed by atoms with Crippen molar-refractivity contribution in [2.45, 2.75) is 26.7 Å². The van der Waals surface area contributed by atoms with Crippen molar-refractivity contribution in [3.05, 3.63) is 18.2 Å². The van der Waals surface area contributed by atoms with Crippen molar-refractivity contribution in [2.24, 2.45) is 0 Å². The molecule has 0 aromatic heterocycles. The van der Waals surface area contributed by atoms with Gasteiger partial charge < -0.3 is 13.3 Å². The first-order chi connectivity index (χ1) is 8.57. The summed E-state index contributed by atoms with van der Waals surface area (Å²) < 4.78 is 32.3. The Morgan fingerprint density at radius 3 is 2.39 bits per heavy atom. The summed E-state index contributed by atoms with van der Waals surface area (Å²) in [7, 11) is -3.92. The van der Waals surface area contributed by atoms with Crippen molar-refractivity contribution in [3.8, 4) is 11.5 Å². The quantitative estimate of drug-likeness (QED) is 0.822. The number of fused-ring (bicyclic) bond motifs is 1. The van der Waals surface area contributed by atoms with E-state index < -0.39 is 10.4 Å². The third-order valence-electron chi connectivity index (χ3n) is 2.66. The first kappa shape index (κ1) is 13.0. The van der Waals surface area contributed by atoms with E-state index in [0.717, 1.165) is 31.6 Å². The van der Waals surface area contributed by atoms with Crippen LogP contribution in [0.5, 0.6) is 11.5 Å². The molecule has 0 saturated carbocycles. The van der Waals surface area contributed by atoms with Crippen molar-refractivity contribution in [2.75, 3.05) is 18.0 Å². The summed E-state index contributed by atoms with van der Waals surface area (Å²) in [6.45, 7) is 5.88. The number of para-hydroxylation sites is 1. The fraction of sp³-hybridized carbons (Fsp3) is 0.500. The molecule has 1 aromatic carbocycles. The van der Waals surface area contributed by atoms with E-state index in [0.29, 0.717) is 5.75 Å². The van der Waals surface area contributed by atoms with Crippen LogP contribution in [0.25, 0.3) is 0 Å². The predicted molar refractivity (Wildman–Crippen MR) is 69.4 cm³/mol. The molecule has 0 unspecified atom stereocenters. The van der Waals surface area contributed by atoms with Crippen LogP contribution in [0.1, 0.15) is 26.7 Å². The molecule has 2 rings (SSSR count). The fourth-order valence-corrected chi connectivity index (χ4v) is 2.78. The number of anilines is 1. The van der Waals surface area contributed by atoms with Gasteiger partial charge in [0.15, 0.2) is 5.75 Å². The van der Waals surface area contributed by atoms with Gasteiger partial charge in [-0.2, -0.15) is 0 Å². The average Bonchev–Trinajstić information content (AvgIpc) is 2.62. The molecular weight excluding hydrogens is 254 g/mol. The minimum absolute atomic E-state index is 0.268. The Kier molecular flexibility index (Phi) is 3.65. The van der Waals surface area contributed by atoms with Crippen LogP contribution < -0.4 is 13.3 Å². The second kappa shape index (κ2) is 5.06. The molecule has 0 saturated heterocycles. The molecule has 6 heteroatoms. The lowest BCUT2D eigenvalue weighted by Crippen LogP contribution is -2.25. The van der Waals surface area contributed by atoms with Gasteiger partial charge in [-0.25, -0.2) is 0 Å². The lowest BCUT2D eigenvalue weighted by Gasteiger charge is -2.24. The van der Waals surface area contributed by atoms with E-state index in [1.165, 1.54) is 0 Å². The van der Waals surface area contributed by atoms with Gasteiger partial charge in [-0.05, 0) is 25.0 Å². The van der Waals surface area contributed by atoms with Gasteiger partial charge in [0.05, 0.1) is 5.69 Å². The summed E-state index contributed by atoms with van der Waals surface area (Å²) in [6.07, 6.45) is 1.97. The Morgan fingerprint density at radius 2 is 1.78 bits per heavy atom. The van der Waals surface area contributed by atoms with Gasteiger partial charge in [0.1, 0.15) is 0 Å². The Morgan fingerprint density at radius 1 is 1.11 bits per heavy atom. The first-order valence-corrected chi connectivity index (χ1v) is 7.42. The summed E-state index contributed by atoms with van der Waals surface area (Å²) >= 11 is 0. The van der Waals surface area contributed by atoms with Gasteiger partial charge in [-0.3, -0.25) is 0 Å². The van der Waals surface area contributed by atoms with E-state index in [9.17, 15) is 8.42 Å². The number of nitrogens with zero attached hydrogens (tertiary/aromatic N) is 1. The molecule has 1 aromatic rings. The maximum absolute atomic E-state index is 11.3. The number of hydrogen-bond acceptors (Lipinski definition) is 5. The van der Waals surface area contributed by atoms with E-state index in [1.807, 2.05) is 6.07 Å². The molecular formula is C12H17NO4S. The van der Waals surface area contributed by atoms with E-state index in [2.05, 4.69) is 18.7 Å². The molecule has 18 heavy (non-hydrogen) atoms. The molecule has 0 N–H and O–H groups in total. The highest BCUT2D eigenvalue weighted by Gasteiger charge is 2.32. The maximum Gasteiger partial charge on any atom is 0.501 e. The standard InChI is InChI=1S/C12H17NO4S/c1-3-8-13(9-4-2)10-6-5-7-11-12(10)17-18(14,15)16-11/h5-7H,3-4,8-9H2,1-2H3. The SMILES string of the molecule is CCCN(CCC)c1cccc2c1OS(=O)(=O)O2. The third kappa shape index (κ3) is 2.53. The molecule has 0 atom stereocenters. The van der Waals surface area contributed by atoms with Gasteiger partial charge in [0.25, 0.3) is 0 Å². The monoisotopic (exact) mass is 271 g/mol. The minimum Gasteiger partial charge on any atom is -0.368 e. The van der Waals surface area contributed by atoms with Crippen LogP contribution in [0.2, 0.25) is 0 Å². The summed E-state index contributed by atoms with van der Waals surface area (Å²) in [4.78, 5) is 2.11. The van der Waals surface area contributed by atoms with Crippen LogP contribution >= 0.6 is 0 Å². The van der Waals surface area contributed by atoms with Crippen LogP contribution in [0.3, 0.4) is 0 Å². The van der Waals surface area contributed by atoms with Crippen molar-refractivity contribution in [1.29, 1.82) is 0 Å². The molecule has 1 aliphatic rings. The predicted octanol–water partition coefficient (Wildman–Crippen LogP) is 2.33. The van der Waals surface area contributed by atoms with Gasteiger partial charge in [0, 0.05) is 13.1 Å². The molecule has 5 nitrogen and oxygen atoms in total. The molecule has 100 valence electrons. The Bertz CT molecular complexity index is 521. The van der Waals surface area contributed by atoms with Gasteiger partial charge in [-0.1, -0.05) is 19.9 Å². The van der Waals surface area contributed by atoms with Crippen molar-refractivity contribution >= 4 is 16.1 Å². The Hall–Kier alpha value is -1.43. The lowest BCUT2D eigenvalue weighted by molar-refractivity contribution is 0.436.